The van der Waals surface area contributed by atoms with Crippen LogP contribution in [-0.2, 0) is 0 Å². The molecule has 0 fully saturated rings. The Morgan fingerprint density at radius 3 is 1.77 bits per heavy atom. The van der Waals surface area contributed by atoms with Gasteiger partial charge < -0.3 is 9.30 Å². The largest absolute Gasteiger partial charge is 0.457 e. The number of pyridine rings is 2. The summed E-state index contributed by atoms with van der Waals surface area (Å²) in [7, 11) is 0. The Morgan fingerprint density at radius 1 is 0.442 bits per heavy atom. The molecule has 0 unspecified atom stereocenters. The van der Waals surface area contributed by atoms with Crippen molar-refractivity contribution in [2.24, 2.45) is 0 Å². The second-order valence-electron chi connectivity index (χ2n) is 13.6. The zero-order chi connectivity index (χ0) is 34.5. The molecule has 0 radical (unpaired) electrons. The maximum absolute atomic E-state index is 6.65. The Kier molecular flexibility index (Phi) is 5.99. The van der Waals surface area contributed by atoms with Crippen LogP contribution in [0, 0.1) is 13.8 Å². The van der Waals surface area contributed by atoms with E-state index in [4.69, 9.17) is 9.72 Å². The summed E-state index contributed by atoms with van der Waals surface area (Å²) in [6, 6.07) is 49.2. The summed E-state index contributed by atoms with van der Waals surface area (Å²) in [4.78, 5) is 4.99. The standard InChI is InChI=1S/C46H31N5O/c1-28-9-7-14-38-39-15-8-10-29(2)46(39)49(45(28)38)30-21-23-47-44(25-30)50-40-16-6-5-13-35(40)37-20-18-31(26-42(37)50)52-32-17-19-36-33-11-3-4-12-34(33)41-22-24-48-51(41)43(36)27-32/h3-27H,1-2H3. The lowest BCUT2D eigenvalue weighted by Crippen LogP contribution is -2.02. The lowest BCUT2D eigenvalue weighted by Gasteiger charge is -2.14. The number of fused-ring (bicyclic) bond motifs is 12. The van der Waals surface area contributed by atoms with E-state index in [1.165, 1.54) is 49.1 Å². The van der Waals surface area contributed by atoms with Gasteiger partial charge in [-0.3, -0.25) is 4.57 Å². The zero-order valence-corrected chi connectivity index (χ0v) is 28.6. The normalized spacial score (nSPS) is 12.0. The molecule has 0 aliphatic carbocycles. The van der Waals surface area contributed by atoms with E-state index >= 15 is 0 Å². The fourth-order valence-corrected chi connectivity index (χ4v) is 8.40. The molecule has 11 aromatic rings. The Morgan fingerprint density at radius 2 is 1.04 bits per heavy atom. The van der Waals surface area contributed by atoms with Crippen molar-refractivity contribution in [2.75, 3.05) is 0 Å². The molecular formula is C46H31N5O. The zero-order valence-electron chi connectivity index (χ0n) is 28.6. The van der Waals surface area contributed by atoms with Gasteiger partial charge in [-0.15, -0.1) is 0 Å². The van der Waals surface area contributed by atoms with Crippen LogP contribution in [0.4, 0.5) is 0 Å². The van der Waals surface area contributed by atoms with Gasteiger partial charge in [-0.1, -0.05) is 78.9 Å². The van der Waals surface area contributed by atoms with Crippen LogP contribution in [0.1, 0.15) is 11.1 Å². The second-order valence-corrected chi connectivity index (χ2v) is 13.6. The van der Waals surface area contributed by atoms with Crippen LogP contribution in [0.2, 0.25) is 0 Å². The molecule has 0 spiro atoms. The topological polar surface area (TPSA) is 49.3 Å². The van der Waals surface area contributed by atoms with E-state index in [2.05, 4.69) is 162 Å². The van der Waals surface area contributed by atoms with Crippen LogP contribution in [0.5, 0.6) is 11.5 Å². The Hall–Kier alpha value is -6.92. The molecule has 6 nitrogen and oxygen atoms in total. The highest BCUT2D eigenvalue weighted by Crippen LogP contribution is 2.39. The van der Waals surface area contributed by atoms with Gasteiger partial charge in [0.05, 0.1) is 45.0 Å². The molecular weight excluding hydrogens is 639 g/mol. The molecule has 52 heavy (non-hydrogen) atoms. The summed E-state index contributed by atoms with van der Waals surface area (Å²) in [6.45, 7) is 4.39. The van der Waals surface area contributed by atoms with Crippen LogP contribution in [-0.4, -0.2) is 23.7 Å². The van der Waals surface area contributed by atoms with Gasteiger partial charge in [0.25, 0.3) is 0 Å². The summed E-state index contributed by atoms with van der Waals surface area (Å²) in [5.74, 6) is 2.34. The first-order chi connectivity index (χ1) is 25.6. The van der Waals surface area contributed by atoms with Crippen molar-refractivity contribution in [2.45, 2.75) is 13.8 Å². The van der Waals surface area contributed by atoms with Crippen LogP contribution >= 0.6 is 0 Å². The summed E-state index contributed by atoms with van der Waals surface area (Å²) in [5.41, 5.74) is 10.2. The molecule has 6 heteroatoms. The smallest absolute Gasteiger partial charge is 0.139 e. The van der Waals surface area contributed by atoms with Gasteiger partial charge in [0.2, 0.25) is 0 Å². The highest BCUT2D eigenvalue weighted by molar-refractivity contribution is 6.13. The summed E-state index contributed by atoms with van der Waals surface area (Å²) < 4.78 is 13.3. The molecule has 11 rings (SSSR count). The Labute approximate surface area is 298 Å². The number of para-hydroxylation sites is 3. The minimum atomic E-state index is 0.748. The quantitative estimate of drug-likeness (QED) is 0.175. The number of hydrogen-bond acceptors (Lipinski definition) is 3. The van der Waals surface area contributed by atoms with Crippen molar-refractivity contribution in [3.8, 4) is 23.0 Å². The maximum atomic E-state index is 6.65. The molecule has 0 saturated heterocycles. The average molecular weight is 670 g/mol. The third kappa shape index (κ3) is 4.06. The average Bonchev–Trinajstić information content (AvgIpc) is 3.89. The van der Waals surface area contributed by atoms with Gasteiger partial charge in [0, 0.05) is 56.7 Å². The van der Waals surface area contributed by atoms with E-state index in [0.29, 0.717) is 0 Å². The SMILES string of the molecule is Cc1cccc2c3cccc(C)c3n(-c3ccnc(-n4c5ccccc5c5ccc(Oc6ccc7c8ccccc8c8ccnn8c7c6)cc54)c3)c12. The molecule has 0 aliphatic heterocycles. The van der Waals surface area contributed by atoms with Gasteiger partial charge in [0.15, 0.2) is 0 Å². The predicted octanol–water partition coefficient (Wildman–Crippen LogP) is 11.6. The fraction of sp³-hybridized carbons (Fsp3) is 0.0435. The molecule has 0 aliphatic rings. The summed E-state index contributed by atoms with van der Waals surface area (Å²) >= 11 is 0. The van der Waals surface area contributed by atoms with Gasteiger partial charge in [-0.05, 0) is 72.8 Å². The van der Waals surface area contributed by atoms with Gasteiger partial charge in [0.1, 0.15) is 17.3 Å². The first kappa shape index (κ1) is 28.9. The number of nitrogens with zero attached hydrogens (tertiary/aromatic N) is 5. The molecule has 0 bridgehead atoms. The summed E-state index contributed by atoms with van der Waals surface area (Å²) in [6.07, 6.45) is 3.78. The molecule has 5 heterocycles. The van der Waals surface area contributed by atoms with Crippen molar-refractivity contribution in [1.29, 1.82) is 0 Å². The maximum Gasteiger partial charge on any atom is 0.139 e. The van der Waals surface area contributed by atoms with Crippen molar-refractivity contribution >= 4 is 70.8 Å². The van der Waals surface area contributed by atoms with Crippen LogP contribution in [0.15, 0.2) is 152 Å². The Balaban J connectivity index is 1.08. The fourth-order valence-electron chi connectivity index (χ4n) is 8.40. The van der Waals surface area contributed by atoms with E-state index < -0.39 is 0 Å². The van der Waals surface area contributed by atoms with Crippen LogP contribution < -0.4 is 4.74 Å². The van der Waals surface area contributed by atoms with E-state index in [1.54, 1.807) is 0 Å². The third-order valence-electron chi connectivity index (χ3n) is 10.6. The van der Waals surface area contributed by atoms with E-state index in [0.717, 1.165) is 55.8 Å². The second kappa shape index (κ2) is 10.8. The van der Waals surface area contributed by atoms with Crippen molar-refractivity contribution in [3.05, 3.63) is 163 Å². The minimum absolute atomic E-state index is 0.748. The molecule has 0 N–H and O–H groups in total. The third-order valence-corrected chi connectivity index (χ3v) is 10.6. The van der Waals surface area contributed by atoms with Crippen LogP contribution in [0.3, 0.4) is 0 Å². The highest BCUT2D eigenvalue weighted by Gasteiger charge is 2.19. The highest BCUT2D eigenvalue weighted by atomic mass is 16.5. The van der Waals surface area contributed by atoms with Crippen molar-refractivity contribution in [3.63, 3.8) is 0 Å². The molecule has 5 aromatic heterocycles. The van der Waals surface area contributed by atoms with Gasteiger partial charge in [-0.25, -0.2) is 9.50 Å². The lowest BCUT2D eigenvalue weighted by atomic mass is 10.0. The number of hydrogen-bond donors (Lipinski definition) is 0. The number of benzene rings is 6. The van der Waals surface area contributed by atoms with E-state index in [9.17, 15) is 0 Å². The Bertz CT molecular complexity index is 3190. The van der Waals surface area contributed by atoms with Gasteiger partial charge in [-0.2, -0.15) is 5.10 Å². The number of rotatable bonds is 4. The van der Waals surface area contributed by atoms with Crippen molar-refractivity contribution in [1.82, 2.24) is 23.7 Å². The number of aryl methyl sites for hydroxylation is 2. The van der Waals surface area contributed by atoms with Crippen LogP contribution in [0.25, 0.3) is 82.3 Å². The molecule has 246 valence electrons. The number of aromatic nitrogens is 5. The first-order valence-electron chi connectivity index (χ1n) is 17.6. The molecule has 6 aromatic carbocycles. The van der Waals surface area contributed by atoms with E-state index in [-0.39, 0.29) is 0 Å². The number of ether oxygens (including phenoxy) is 1. The minimum Gasteiger partial charge on any atom is -0.457 e. The first-order valence-corrected chi connectivity index (χ1v) is 17.6. The molecule has 0 amide bonds. The van der Waals surface area contributed by atoms with Crippen molar-refractivity contribution < 1.29 is 4.74 Å². The molecule has 0 atom stereocenters. The lowest BCUT2D eigenvalue weighted by molar-refractivity contribution is 0.484. The monoisotopic (exact) mass is 669 g/mol. The predicted molar refractivity (Wildman–Crippen MR) is 213 cm³/mol. The van der Waals surface area contributed by atoms with E-state index in [1.807, 2.05) is 23.0 Å². The molecule has 0 saturated carbocycles. The van der Waals surface area contributed by atoms with Gasteiger partial charge >= 0.3 is 0 Å². The summed E-state index contributed by atoms with van der Waals surface area (Å²) in [5, 5.41) is 13.0.